The highest BCUT2D eigenvalue weighted by Crippen LogP contribution is 2.32. The Labute approximate surface area is 259 Å². The number of carbonyl (C=O) groups is 2. The van der Waals surface area contributed by atoms with Gasteiger partial charge in [-0.3, -0.25) is 23.4 Å². The number of carbonyl (C=O) groups excluding carboxylic acids is 1. The minimum absolute atomic E-state index is 0.0267. The van der Waals surface area contributed by atoms with Crippen LogP contribution in [0.15, 0.2) is 47.3 Å². The number of likely N-dealkylation sites (tertiary alicyclic amines) is 1. The number of amides is 1. The molecule has 44 heavy (non-hydrogen) atoms. The number of aromatic nitrogens is 4. The van der Waals surface area contributed by atoms with Crippen LogP contribution in [0.4, 0.5) is 0 Å². The lowest BCUT2D eigenvalue weighted by atomic mass is 9.99. The molecule has 2 aliphatic rings. The van der Waals surface area contributed by atoms with E-state index in [4.69, 9.17) is 16.7 Å². The fourth-order valence-electron chi connectivity index (χ4n) is 6.72. The van der Waals surface area contributed by atoms with Gasteiger partial charge in [-0.15, -0.1) is 0 Å². The number of fused-ring (bicyclic) bond motifs is 2. The third kappa shape index (κ3) is 5.79. The number of nitrogens with zero attached hydrogens (tertiary/aromatic N) is 6. The molecule has 2 aromatic heterocycles. The van der Waals surface area contributed by atoms with E-state index in [0.717, 1.165) is 33.6 Å². The van der Waals surface area contributed by atoms with Crippen LogP contribution in [-0.2, 0) is 35.6 Å². The number of aliphatic carboxylic acids is 1. The molecule has 4 aromatic rings. The van der Waals surface area contributed by atoms with Gasteiger partial charge in [-0.05, 0) is 49.6 Å². The Hall–Kier alpha value is -3.93. The molecular formula is C32H37ClN6O5. The summed E-state index contributed by atoms with van der Waals surface area (Å²) in [5.41, 5.74) is 5.81. The lowest BCUT2D eigenvalue weighted by molar-refractivity contribution is -0.137. The van der Waals surface area contributed by atoms with Crippen LogP contribution < -0.4 is 5.69 Å². The number of aliphatic hydroxyl groups is 1. The number of aryl methyl sites for hydroxylation is 1. The van der Waals surface area contributed by atoms with Crippen molar-refractivity contribution in [2.75, 3.05) is 26.2 Å². The number of hydrogen-bond acceptors (Lipinski definition) is 6. The van der Waals surface area contributed by atoms with Crippen LogP contribution in [0.2, 0.25) is 5.02 Å². The number of benzene rings is 2. The molecule has 2 N–H and O–H groups in total. The first kappa shape index (κ1) is 30.1. The summed E-state index contributed by atoms with van der Waals surface area (Å²) in [6, 6.07) is 13.1. The standard InChI is InChI=1S/C32H37ClN6O5/c1-20-15-22(7-8-26(20)33)31-25-18-36(21(2)40)14-11-27(25)38(34-31)17-24(41)16-35-12-9-23(10-13-35)39-29-6-4-3-5-28(29)37(32(39)44)19-30(42)43/h3-8,15,23-24,41H,9-14,16-19H2,1-2H3,(H,42,43). The molecule has 1 fully saturated rings. The van der Waals surface area contributed by atoms with Crippen LogP contribution in [0, 0.1) is 6.92 Å². The monoisotopic (exact) mass is 620 g/mol. The maximum absolute atomic E-state index is 13.3. The van der Waals surface area contributed by atoms with Crippen LogP contribution in [-0.4, -0.2) is 83.1 Å². The van der Waals surface area contributed by atoms with Gasteiger partial charge in [-0.1, -0.05) is 29.8 Å². The Balaban J connectivity index is 1.16. The van der Waals surface area contributed by atoms with Crippen molar-refractivity contribution in [1.29, 1.82) is 0 Å². The molecule has 4 heterocycles. The number of hydrogen-bond donors (Lipinski definition) is 2. The second kappa shape index (κ2) is 12.2. The zero-order valence-corrected chi connectivity index (χ0v) is 25.7. The predicted octanol–water partition coefficient (Wildman–Crippen LogP) is 3.32. The van der Waals surface area contributed by atoms with Crippen LogP contribution in [0.3, 0.4) is 0 Å². The Morgan fingerprint density at radius 2 is 1.80 bits per heavy atom. The van der Waals surface area contributed by atoms with Crippen molar-refractivity contribution in [3.8, 4) is 11.3 Å². The Bertz CT molecular complexity index is 1780. The smallest absolute Gasteiger partial charge is 0.329 e. The molecule has 1 amide bonds. The van der Waals surface area contributed by atoms with E-state index in [1.165, 1.54) is 4.57 Å². The molecule has 1 saturated heterocycles. The van der Waals surface area contributed by atoms with Gasteiger partial charge in [0.2, 0.25) is 5.91 Å². The van der Waals surface area contributed by atoms with Gasteiger partial charge in [-0.25, -0.2) is 4.79 Å². The normalized spacial score (nSPS) is 16.8. The summed E-state index contributed by atoms with van der Waals surface area (Å²) in [5, 5.41) is 26.2. The molecule has 0 spiro atoms. The Morgan fingerprint density at radius 1 is 1.07 bits per heavy atom. The Kier molecular flexibility index (Phi) is 8.36. The van der Waals surface area contributed by atoms with Gasteiger partial charge in [0.1, 0.15) is 6.54 Å². The predicted molar refractivity (Wildman–Crippen MR) is 167 cm³/mol. The van der Waals surface area contributed by atoms with Crippen molar-refractivity contribution in [1.82, 2.24) is 28.7 Å². The summed E-state index contributed by atoms with van der Waals surface area (Å²) in [5.74, 6) is -1.03. The summed E-state index contributed by atoms with van der Waals surface area (Å²) < 4.78 is 4.97. The highest BCUT2D eigenvalue weighted by Gasteiger charge is 2.30. The quantitative estimate of drug-likeness (QED) is 0.310. The maximum atomic E-state index is 13.3. The molecule has 2 aromatic carbocycles. The summed E-state index contributed by atoms with van der Waals surface area (Å²) in [7, 11) is 0. The van der Waals surface area contributed by atoms with Gasteiger partial charge in [0.15, 0.2) is 0 Å². The second-order valence-electron chi connectivity index (χ2n) is 11.9. The van der Waals surface area contributed by atoms with Gasteiger partial charge in [-0.2, -0.15) is 5.10 Å². The van der Waals surface area contributed by atoms with Crippen molar-refractivity contribution >= 4 is 34.5 Å². The highest BCUT2D eigenvalue weighted by atomic mass is 35.5. The van der Waals surface area contributed by atoms with Gasteiger partial charge in [0.25, 0.3) is 0 Å². The van der Waals surface area contributed by atoms with Crippen molar-refractivity contribution in [2.45, 2.75) is 64.9 Å². The lowest BCUT2D eigenvalue weighted by Crippen LogP contribution is -2.42. The summed E-state index contributed by atoms with van der Waals surface area (Å²) in [6.45, 7) is 6.45. The molecule has 0 saturated carbocycles. The van der Waals surface area contributed by atoms with E-state index < -0.39 is 12.1 Å². The zero-order chi connectivity index (χ0) is 31.1. The number of carboxylic acid groups (broad SMARTS) is 1. The van der Waals surface area contributed by atoms with Crippen molar-refractivity contribution in [2.24, 2.45) is 0 Å². The topological polar surface area (TPSA) is 126 Å². The van der Waals surface area contributed by atoms with Crippen molar-refractivity contribution in [3.63, 3.8) is 0 Å². The summed E-state index contributed by atoms with van der Waals surface area (Å²) in [6.07, 6.45) is 1.43. The third-order valence-electron chi connectivity index (χ3n) is 8.95. The molecular weight excluding hydrogens is 584 g/mol. The highest BCUT2D eigenvalue weighted by molar-refractivity contribution is 6.31. The molecule has 0 radical (unpaired) electrons. The molecule has 1 atom stereocenters. The van der Waals surface area contributed by atoms with Crippen LogP contribution in [0.5, 0.6) is 0 Å². The first-order valence-electron chi connectivity index (χ1n) is 15.0. The van der Waals surface area contributed by atoms with Crippen LogP contribution in [0.1, 0.15) is 42.6 Å². The molecule has 12 heteroatoms. The number of imidazole rings is 1. The maximum Gasteiger partial charge on any atom is 0.329 e. The Morgan fingerprint density at radius 3 is 2.48 bits per heavy atom. The number of para-hydroxylation sites is 2. The number of halogens is 1. The number of rotatable bonds is 8. The zero-order valence-electron chi connectivity index (χ0n) is 24.9. The van der Waals surface area contributed by atoms with Gasteiger partial charge in [0, 0.05) is 74.0 Å². The fourth-order valence-corrected chi connectivity index (χ4v) is 6.84. The van der Waals surface area contributed by atoms with Gasteiger partial charge in [0.05, 0.1) is 29.4 Å². The van der Waals surface area contributed by atoms with Crippen LogP contribution >= 0.6 is 11.6 Å². The average Bonchev–Trinajstić information content (AvgIpc) is 3.48. The molecule has 11 nitrogen and oxygen atoms in total. The van der Waals surface area contributed by atoms with E-state index >= 15 is 0 Å². The van der Waals surface area contributed by atoms with Crippen molar-refractivity contribution in [3.05, 3.63) is 74.8 Å². The molecule has 0 aliphatic carbocycles. The summed E-state index contributed by atoms with van der Waals surface area (Å²) >= 11 is 6.28. The number of β-amino-alcohol motifs (C(OH)–C–C–N with tert-alkyl or cyclic N) is 1. The lowest BCUT2D eigenvalue weighted by Gasteiger charge is -2.33. The van der Waals surface area contributed by atoms with E-state index in [2.05, 4.69) is 4.90 Å². The molecule has 6 rings (SSSR count). The first-order chi connectivity index (χ1) is 21.1. The minimum atomic E-state index is -1.05. The molecule has 232 valence electrons. The fraction of sp³-hybridized carbons (Fsp3) is 0.438. The summed E-state index contributed by atoms with van der Waals surface area (Å²) in [4.78, 5) is 40.9. The molecule has 1 unspecified atom stereocenters. The molecule has 0 bridgehead atoms. The number of aliphatic hydroxyl groups excluding tert-OH is 1. The minimum Gasteiger partial charge on any atom is -0.480 e. The van der Waals surface area contributed by atoms with E-state index in [-0.39, 0.29) is 24.2 Å². The van der Waals surface area contributed by atoms with Crippen molar-refractivity contribution < 1.29 is 19.8 Å². The number of carboxylic acids is 1. The van der Waals surface area contributed by atoms with Gasteiger partial charge >= 0.3 is 11.7 Å². The SMILES string of the molecule is CC(=O)N1CCc2c(c(-c3ccc(Cl)c(C)c3)nn2CC(O)CN2CCC(n3c(=O)n(CC(=O)O)c4ccccc43)CC2)C1. The third-order valence-corrected chi connectivity index (χ3v) is 9.37. The second-order valence-corrected chi connectivity index (χ2v) is 12.3. The van der Waals surface area contributed by atoms with E-state index in [1.54, 1.807) is 17.6 Å². The van der Waals surface area contributed by atoms with Gasteiger partial charge < -0.3 is 20.0 Å². The van der Waals surface area contributed by atoms with E-state index in [1.807, 2.05) is 52.9 Å². The average molecular weight is 621 g/mol. The number of piperidine rings is 1. The van der Waals surface area contributed by atoms with E-state index in [9.17, 15) is 24.6 Å². The largest absolute Gasteiger partial charge is 0.480 e. The van der Waals surface area contributed by atoms with E-state index in [0.29, 0.717) is 69.1 Å². The molecule has 2 aliphatic heterocycles. The van der Waals surface area contributed by atoms with Crippen LogP contribution in [0.25, 0.3) is 22.3 Å². The first-order valence-corrected chi connectivity index (χ1v) is 15.4.